The van der Waals surface area contributed by atoms with Crippen LogP contribution in [0.25, 0.3) is 16.3 Å². The van der Waals surface area contributed by atoms with E-state index >= 15 is 0 Å². The molecule has 28 heavy (non-hydrogen) atoms. The van der Waals surface area contributed by atoms with Crippen LogP contribution in [-0.2, 0) is 7.05 Å². The quantitative estimate of drug-likeness (QED) is 0.571. The minimum Gasteiger partial charge on any atom is -0.345 e. The molecule has 0 aliphatic heterocycles. The summed E-state index contributed by atoms with van der Waals surface area (Å²) in [7, 11) is 4.88. The number of amides is 2. The fourth-order valence-corrected chi connectivity index (χ4v) is 3.40. The molecule has 142 valence electrons. The fraction of sp³-hybridized carbons (Fsp3) is 0.167. The van der Waals surface area contributed by atoms with Crippen molar-refractivity contribution in [3.8, 4) is 10.7 Å². The first-order chi connectivity index (χ1) is 13.4. The summed E-state index contributed by atoms with van der Waals surface area (Å²) in [6, 6.07) is 3.53. The molecule has 0 spiro atoms. The topological polar surface area (TPSA) is 97.4 Å². The van der Waals surface area contributed by atoms with Crippen LogP contribution in [0.3, 0.4) is 0 Å². The highest BCUT2D eigenvalue weighted by Crippen LogP contribution is 2.23. The highest BCUT2D eigenvalue weighted by molar-refractivity contribution is 7.13. The van der Waals surface area contributed by atoms with Crippen LogP contribution in [0, 0.1) is 0 Å². The van der Waals surface area contributed by atoms with Crippen molar-refractivity contribution in [3.63, 3.8) is 0 Å². The van der Waals surface area contributed by atoms with E-state index in [4.69, 9.17) is 0 Å². The van der Waals surface area contributed by atoms with Crippen molar-refractivity contribution in [2.75, 3.05) is 19.4 Å². The number of nitrogens with one attached hydrogen (secondary N) is 1. The minimum absolute atomic E-state index is 0.199. The Morgan fingerprint density at radius 3 is 2.82 bits per heavy atom. The highest BCUT2D eigenvalue weighted by atomic mass is 32.1. The van der Waals surface area contributed by atoms with Crippen molar-refractivity contribution in [2.45, 2.75) is 0 Å². The molecule has 0 saturated carbocycles. The zero-order valence-corrected chi connectivity index (χ0v) is 16.3. The van der Waals surface area contributed by atoms with Crippen molar-refractivity contribution >= 4 is 34.5 Å². The summed E-state index contributed by atoms with van der Waals surface area (Å²) in [5.41, 5.74) is 2.46. The summed E-state index contributed by atoms with van der Waals surface area (Å²) >= 11 is 1.51. The Morgan fingerprint density at radius 2 is 2.11 bits per heavy atom. The maximum atomic E-state index is 12.8. The number of carbonyl (C=O) groups excluding carboxylic acids is 2. The van der Waals surface area contributed by atoms with E-state index in [9.17, 15) is 9.59 Å². The average molecular weight is 395 g/mol. The number of fused-ring (bicyclic) bond motifs is 1. The normalized spacial score (nSPS) is 11.0. The van der Waals surface area contributed by atoms with Gasteiger partial charge in [-0.3, -0.25) is 14.3 Å². The maximum Gasteiger partial charge on any atom is 0.274 e. The molecule has 0 aliphatic carbocycles. The van der Waals surface area contributed by atoms with Crippen LogP contribution in [0.4, 0.5) is 5.69 Å². The number of carbonyl (C=O) groups is 2. The van der Waals surface area contributed by atoms with Crippen LogP contribution in [0.2, 0.25) is 0 Å². The Bertz CT molecular complexity index is 1170. The third-order valence-electron chi connectivity index (χ3n) is 4.16. The average Bonchev–Trinajstić information content (AvgIpc) is 3.39. The first-order valence-corrected chi connectivity index (χ1v) is 9.25. The minimum atomic E-state index is -0.416. The van der Waals surface area contributed by atoms with Gasteiger partial charge in [0, 0.05) is 56.9 Å². The highest BCUT2D eigenvalue weighted by Gasteiger charge is 2.23. The second-order valence-corrected chi connectivity index (χ2v) is 7.22. The zero-order chi connectivity index (χ0) is 19.8. The molecule has 0 radical (unpaired) electrons. The van der Waals surface area contributed by atoms with Gasteiger partial charge in [-0.25, -0.2) is 9.97 Å². The Hall–Kier alpha value is -3.53. The number of imidazole rings is 1. The monoisotopic (exact) mass is 395 g/mol. The summed E-state index contributed by atoms with van der Waals surface area (Å²) < 4.78 is 3.25. The number of hydrogen-bond acceptors (Lipinski definition) is 6. The van der Waals surface area contributed by atoms with E-state index in [0.717, 1.165) is 10.7 Å². The number of rotatable bonds is 4. The van der Waals surface area contributed by atoms with E-state index in [-0.39, 0.29) is 17.2 Å². The summed E-state index contributed by atoms with van der Waals surface area (Å²) in [5, 5.41) is 9.59. The molecule has 0 atom stereocenters. The standard InChI is InChI=1S/C18H17N7O2S/c1-23(2)18(27)12-9-20-24(3)15(12)16(26)21-11-4-6-25-10-13(22-14(25)8-11)17-19-5-7-28-17/h4-10H,1-3H3,(H,21,26). The number of thiazole rings is 1. The number of nitrogens with zero attached hydrogens (tertiary/aromatic N) is 6. The van der Waals surface area contributed by atoms with Crippen molar-refractivity contribution < 1.29 is 9.59 Å². The van der Waals surface area contributed by atoms with Crippen LogP contribution < -0.4 is 5.32 Å². The summed E-state index contributed by atoms with van der Waals surface area (Å²) in [6.45, 7) is 0. The summed E-state index contributed by atoms with van der Waals surface area (Å²) in [6.07, 6.45) is 6.82. The predicted octanol–water partition coefficient (Wildman–Crippen LogP) is 2.15. The molecule has 0 unspecified atom stereocenters. The van der Waals surface area contributed by atoms with Crippen LogP contribution in [0.1, 0.15) is 20.8 Å². The van der Waals surface area contributed by atoms with Gasteiger partial charge in [-0.05, 0) is 6.07 Å². The summed E-state index contributed by atoms with van der Waals surface area (Å²) in [5.74, 6) is -0.698. The van der Waals surface area contributed by atoms with Gasteiger partial charge in [0.15, 0.2) is 0 Å². The Morgan fingerprint density at radius 1 is 1.29 bits per heavy atom. The van der Waals surface area contributed by atoms with Gasteiger partial charge >= 0.3 is 0 Å². The third-order valence-corrected chi connectivity index (χ3v) is 4.96. The van der Waals surface area contributed by atoms with Gasteiger partial charge in [0.1, 0.15) is 22.0 Å². The largest absolute Gasteiger partial charge is 0.345 e. The van der Waals surface area contributed by atoms with Gasteiger partial charge in [0.25, 0.3) is 11.8 Å². The lowest BCUT2D eigenvalue weighted by molar-refractivity contribution is 0.0821. The number of aromatic nitrogens is 5. The van der Waals surface area contributed by atoms with Gasteiger partial charge in [-0.15, -0.1) is 11.3 Å². The van der Waals surface area contributed by atoms with E-state index in [1.54, 1.807) is 39.5 Å². The molecule has 0 saturated heterocycles. The second-order valence-electron chi connectivity index (χ2n) is 6.33. The molecule has 4 aromatic rings. The summed E-state index contributed by atoms with van der Waals surface area (Å²) in [4.78, 5) is 35.3. The molecule has 4 heterocycles. The lowest BCUT2D eigenvalue weighted by atomic mass is 10.2. The van der Waals surface area contributed by atoms with Crippen LogP contribution >= 0.6 is 11.3 Å². The fourth-order valence-electron chi connectivity index (χ4n) is 2.81. The van der Waals surface area contributed by atoms with Gasteiger partial charge in [-0.1, -0.05) is 0 Å². The second kappa shape index (κ2) is 6.89. The van der Waals surface area contributed by atoms with Crippen LogP contribution in [-0.4, -0.2) is 55.0 Å². The first kappa shape index (κ1) is 17.9. The van der Waals surface area contributed by atoms with Gasteiger partial charge in [0.05, 0.1) is 11.8 Å². The molecule has 0 aliphatic rings. The molecule has 10 heteroatoms. The molecular formula is C18H17N7O2S. The third kappa shape index (κ3) is 3.14. The van der Waals surface area contributed by atoms with Crippen molar-refractivity contribution in [3.05, 3.63) is 53.6 Å². The molecule has 4 rings (SSSR count). The molecular weight excluding hydrogens is 378 g/mol. The smallest absolute Gasteiger partial charge is 0.274 e. The van der Waals surface area contributed by atoms with E-state index in [0.29, 0.717) is 11.3 Å². The lowest BCUT2D eigenvalue weighted by Crippen LogP contribution is -2.26. The van der Waals surface area contributed by atoms with E-state index in [2.05, 4.69) is 20.4 Å². The van der Waals surface area contributed by atoms with E-state index < -0.39 is 5.91 Å². The number of aryl methyl sites for hydroxylation is 1. The Balaban J connectivity index is 1.63. The number of pyridine rings is 1. The Kier molecular flexibility index (Phi) is 4.40. The lowest BCUT2D eigenvalue weighted by Gasteiger charge is -2.11. The Labute approximate surface area is 164 Å². The predicted molar refractivity (Wildman–Crippen MR) is 105 cm³/mol. The molecule has 4 aromatic heterocycles. The van der Waals surface area contributed by atoms with Gasteiger partial charge in [-0.2, -0.15) is 5.10 Å². The molecule has 0 aromatic carbocycles. The van der Waals surface area contributed by atoms with Gasteiger partial charge in [0.2, 0.25) is 0 Å². The van der Waals surface area contributed by atoms with Crippen molar-refractivity contribution in [2.24, 2.45) is 7.05 Å². The van der Waals surface area contributed by atoms with Gasteiger partial charge < -0.3 is 14.6 Å². The van der Waals surface area contributed by atoms with E-state index in [1.165, 1.54) is 27.1 Å². The number of anilines is 1. The SMILES string of the molecule is CN(C)C(=O)c1cnn(C)c1C(=O)Nc1ccn2cc(-c3nccs3)nc2c1. The molecule has 0 bridgehead atoms. The molecule has 9 nitrogen and oxygen atoms in total. The van der Waals surface area contributed by atoms with Crippen LogP contribution in [0.5, 0.6) is 0 Å². The number of hydrogen-bond donors (Lipinski definition) is 1. The molecule has 1 N–H and O–H groups in total. The van der Waals surface area contributed by atoms with Crippen LogP contribution in [0.15, 0.2) is 42.3 Å². The molecule has 2 amide bonds. The van der Waals surface area contributed by atoms with Crippen molar-refractivity contribution in [1.82, 2.24) is 29.0 Å². The molecule has 0 fully saturated rings. The first-order valence-electron chi connectivity index (χ1n) is 8.37. The zero-order valence-electron chi connectivity index (χ0n) is 15.4. The van der Waals surface area contributed by atoms with E-state index in [1.807, 2.05) is 22.2 Å². The maximum absolute atomic E-state index is 12.8. The van der Waals surface area contributed by atoms with Crippen molar-refractivity contribution in [1.29, 1.82) is 0 Å².